The fourth-order valence-corrected chi connectivity index (χ4v) is 2.84. The molecule has 0 spiro atoms. The number of aliphatic imine (C=N–C) groups is 1. The van der Waals surface area contributed by atoms with Gasteiger partial charge < -0.3 is 29.6 Å². The van der Waals surface area contributed by atoms with Gasteiger partial charge in [0.2, 0.25) is 0 Å². The summed E-state index contributed by atoms with van der Waals surface area (Å²) in [6, 6.07) is 11.6. The Labute approximate surface area is 188 Å². The first kappa shape index (κ1) is 22.9. The molecule has 1 aliphatic heterocycles. The van der Waals surface area contributed by atoms with Crippen LogP contribution in [0.1, 0.15) is 18.9 Å². The molecule has 1 aliphatic rings. The summed E-state index contributed by atoms with van der Waals surface area (Å²) in [5.41, 5.74) is 1.94. The quantitative estimate of drug-likeness (QED) is 0.345. The zero-order valence-corrected chi connectivity index (χ0v) is 19.3. The van der Waals surface area contributed by atoms with Gasteiger partial charge in [-0.05, 0) is 36.8 Å². The number of fused-ring (bicyclic) bond motifs is 1. The Kier molecular flexibility index (Phi) is 9.17. The van der Waals surface area contributed by atoms with Crippen molar-refractivity contribution in [2.75, 3.05) is 39.3 Å². The Morgan fingerprint density at radius 2 is 1.86 bits per heavy atom. The number of methoxy groups -OCH3 is 1. The summed E-state index contributed by atoms with van der Waals surface area (Å²) in [5.74, 6) is 3.62. The number of guanidine groups is 1. The first-order valence-corrected chi connectivity index (χ1v) is 9.40. The summed E-state index contributed by atoms with van der Waals surface area (Å²) >= 11 is 0. The number of anilines is 1. The van der Waals surface area contributed by atoms with Crippen LogP contribution < -0.4 is 29.6 Å². The van der Waals surface area contributed by atoms with Crippen LogP contribution in [0.3, 0.4) is 0 Å². The van der Waals surface area contributed by atoms with Crippen LogP contribution in [0.4, 0.5) is 5.69 Å². The molecule has 7 nitrogen and oxygen atoms in total. The van der Waals surface area contributed by atoms with Gasteiger partial charge >= 0.3 is 0 Å². The molecule has 0 fully saturated rings. The first-order chi connectivity index (χ1) is 13.7. The van der Waals surface area contributed by atoms with E-state index in [0.29, 0.717) is 43.8 Å². The molecular formula is C21H28IN3O4. The van der Waals surface area contributed by atoms with Crippen molar-refractivity contribution in [2.45, 2.75) is 19.9 Å². The molecular weight excluding hydrogens is 485 g/mol. The maximum Gasteiger partial charge on any atom is 0.195 e. The van der Waals surface area contributed by atoms with E-state index < -0.39 is 0 Å². The van der Waals surface area contributed by atoms with Crippen LogP contribution in [-0.2, 0) is 6.54 Å². The van der Waals surface area contributed by atoms with Crippen LogP contribution >= 0.6 is 24.0 Å². The summed E-state index contributed by atoms with van der Waals surface area (Å²) in [4.78, 5) is 4.29. The first-order valence-electron chi connectivity index (χ1n) is 9.40. The van der Waals surface area contributed by atoms with E-state index in [1.807, 2.05) is 43.3 Å². The molecule has 2 N–H and O–H groups in total. The maximum atomic E-state index is 5.75. The Bertz CT molecular complexity index is 830. The number of nitrogens with zero attached hydrogens (tertiary/aromatic N) is 1. The minimum absolute atomic E-state index is 0. The lowest BCUT2D eigenvalue weighted by Gasteiger charge is -2.15. The standard InChI is InChI=1S/C21H27N3O4.HI/c1-4-26-20-13-16(7-9-17(20)25-3)24-21(22-2)23-14-15-6-8-18-19(12-15)28-11-5-10-27-18;/h6-9,12-13H,4-5,10-11,14H2,1-3H3,(H2,22,23,24);1H. The van der Waals surface area contributed by atoms with Gasteiger partial charge in [0.1, 0.15) is 0 Å². The summed E-state index contributed by atoms with van der Waals surface area (Å²) in [6.07, 6.45) is 0.893. The Hall–Kier alpha value is -2.36. The largest absolute Gasteiger partial charge is 0.493 e. The second kappa shape index (κ2) is 11.6. The van der Waals surface area contributed by atoms with E-state index in [9.17, 15) is 0 Å². The highest BCUT2D eigenvalue weighted by atomic mass is 127. The van der Waals surface area contributed by atoms with Crippen molar-refractivity contribution in [3.63, 3.8) is 0 Å². The maximum absolute atomic E-state index is 5.75. The van der Waals surface area contributed by atoms with Gasteiger partial charge in [-0.15, -0.1) is 24.0 Å². The zero-order valence-electron chi connectivity index (χ0n) is 17.0. The van der Waals surface area contributed by atoms with Gasteiger partial charge in [0.05, 0.1) is 26.9 Å². The molecule has 0 radical (unpaired) electrons. The highest BCUT2D eigenvalue weighted by molar-refractivity contribution is 14.0. The number of halogens is 1. The van der Waals surface area contributed by atoms with Gasteiger partial charge in [0, 0.05) is 31.8 Å². The predicted molar refractivity (Wildman–Crippen MR) is 125 cm³/mol. The molecule has 0 bridgehead atoms. The number of hydrogen-bond donors (Lipinski definition) is 2. The minimum Gasteiger partial charge on any atom is -0.493 e. The monoisotopic (exact) mass is 513 g/mol. The van der Waals surface area contributed by atoms with Crippen molar-refractivity contribution < 1.29 is 18.9 Å². The molecule has 1 heterocycles. The van der Waals surface area contributed by atoms with Gasteiger partial charge in [-0.1, -0.05) is 6.07 Å². The van der Waals surface area contributed by atoms with Crippen molar-refractivity contribution in [1.82, 2.24) is 5.32 Å². The SMILES string of the molecule is CCOc1cc(NC(=NC)NCc2ccc3c(c2)OCCCO3)ccc1OC.I. The molecule has 158 valence electrons. The van der Waals surface area contributed by atoms with Crippen molar-refractivity contribution in [3.05, 3.63) is 42.0 Å². The van der Waals surface area contributed by atoms with Gasteiger partial charge in [0.15, 0.2) is 29.0 Å². The molecule has 0 aromatic heterocycles. The van der Waals surface area contributed by atoms with Crippen LogP contribution in [0.25, 0.3) is 0 Å². The third-order valence-electron chi connectivity index (χ3n) is 4.22. The molecule has 2 aromatic carbocycles. The topological polar surface area (TPSA) is 73.3 Å². The summed E-state index contributed by atoms with van der Waals surface area (Å²) < 4.78 is 22.4. The van der Waals surface area contributed by atoms with Crippen LogP contribution in [0.5, 0.6) is 23.0 Å². The van der Waals surface area contributed by atoms with Crippen LogP contribution in [0.15, 0.2) is 41.4 Å². The lowest BCUT2D eigenvalue weighted by Crippen LogP contribution is -2.30. The lowest BCUT2D eigenvalue weighted by molar-refractivity contribution is 0.297. The number of hydrogen-bond acceptors (Lipinski definition) is 5. The molecule has 0 aliphatic carbocycles. The Balaban J connectivity index is 0.00000300. The average Bonchev–Trinajstić information content (AvgIpc) is 2.96. The highest BCUT2D eigenvalue weighted by Crippen LogP contribution is 2.31. The molecule has 0 unspecified atom stereocenters. The molecule has 29 heavy (non-hydrogen) atoms. The van der Waals surface area contributed by atoms with E-state index >= 15 is 0 Å². The van der Waals surface area contributed by atoms with Crippen LogP contribution in [-0.4, -0.2) is 39.9 Å². The summed E-state index contributed by atoms with van der Waals surface area (Å²) in [7, 11) is 3.36. The van der Waals surface area contributed by atoms with Crippen LogP contribution in [0.2, 0.25) is 0 Å². The molecule has 2 aromatic rings. The van der Waals surface area contributed by atoms with E-state index in [0.717, 1.165) is 29.2 Å². The summed E-state index contributed by atoms with van der Waals surface area (Å²) in [6.45, 7) is 4.47. The van der Waals surface area contributed by atoms with Gasteiger partial charge in [0.25, 0.3) is 0 Å². The van der Waals surface area contributed by atoms with Gasteiger partial charge in [-0.25, -0.2) is 0 Å². The molecule has 0 saturated heterocycles. The van der Waals surface area contributed by atoms with Crippen LogP contribution in [0, 0.1) is 0 Å². The molecule has 0 saturated carbocycles. The molecule has 0 atom stereocenters. The molecule has 3 rings (SSSR count). The smallest absolute Gasteiger partial charge is 0.195 e. The number of rotatable bonds is 6. The van der Waals surface area contributed by atoms with Crippen molar-refractivity contribution >= 4 is 35.6 Å². The van der Waals surface area contributed by atoms with E-state index in [2.05, 4.69) is 15.6 Å². The van der Waals surface area contributed by atoms with E-state index in [-0.39, 0.29) is 24.0 Å². The predicted octanol–water partition coefficient (Wildman–Crippen LogP) is 4.06. The third-order valence-corrected chi connectivity index (χ3v) is 4.22. The highest BCUT2D eigenvalue weighted by Gasteiger charge is 2.11. The third kappa shape index (κ3) is 6.31. The van der Waals surface area contributed by atoms with Crippen molar-refractivity contribution in [3.8, 4) is 23.0 Å². The van der Waals surface area contributed by atoms with E-state index in [4.69, 9.17) is 18.9 Å². The molecule has 8 heteroatoms. The van der Waals surface area contributed by atoms with Crippen molar-refractivity contribution in [1.29, 1.82) is 0 Å². The fourth-order valence-electron chi connectivity index (χ4n) is 2.84. The second-order valence-electron chi connectivity index (χ2n) is 6.18. The minimum atomic E-state index is 0. The fraction of sp³-hybridized carbons (Fsp3) is 0.381. The Morgan fingerprint density at radius 3 is 2.59 bits per heavy atom. The Morgan fingerprint density at radius 1 is 1.07 bits per heavy atom. The van der Waals surface area contributed by atoms with E-state index in [1.165, 1.54) is 0 Å². The lowest BCUT2D eigenvalue weighted by atomic mass is 10.2. The van der Waals surface area contributed by atoms with Gasteiger partial charge in [-0.3, -0.25) is 4.99 Å². The number of nitrogens with one attached hydrogen (secondary N) is 2. The normalized spacial score (nSPS) is 13.0. The second-order valence-corrected chi connectivity index (χ2v) is 6.18. The number of ether oxygens (including phenoxy) is 4. The average molecular weight is 513 g/mol. The molecule has 0 amide bonds. The summed E-state index contributed by atoms with van der Waals surface area (Å²) in [5, 5.41) is 6.58. The van der Waals surface area contributed by atoms with E-state index in [1.54, 1.807) is 14.2 Å². The zero-order chi connectivity index (χ0) is 19.8. The van der Waals surface area contributed by atoms with Crippen molar-refractivity contribution in [2.24, 2.45) is 4.99 Å². The number of benzene rings is 2. The van der Waals surface area contributed by atoms with Gasteiger partial charge in [-0.2, -0.15) is 0 Å².